The number of aryl methyl sites for hydroxylation is 1. The summed E-state index contributed by atoms with van der Waals surface area (Å²) in [6, 6.07) is 7.87. The first-order chi connectivity index (χ1) is 8.22. The summed E-state index contributed by atoms with van der Waals surface area (Å²) < 4.78 is 0. The number of benzene rings is 1. The third kappa shape index (κ3) is 2.54. The molecule has 0 spiro atoms. The van der Waals surface area contributed by atoms with Gasteiger partial charge in [0.05, 0.1) is 6.54 Å². The Bertz CT molecular complexity index is 440. The van der Waals surface area contributed by atoms with E-state index in [0.717, 1.165) is 18.5 Å². The van der Waals surface area contributed by atoms with E-state index in [1.54, 1.807) is 4.90 Å². The number of hydrogen-bond donors (Lipinski definition) is 0. The highest BCUT2D eigenvalue weighted by Gasteiger charge is 2.23. The second-order valence-electron chi connectivity index (χ2n) is 4.35. The fourth-order valence-corrected chi connectivity index (χ4v) is 2.15. The zero-order valence-electron chi connectivity index (χ0n) is 10.1. The van der Waals surface area contributed by atoms with Gasteiger partial charge in [-0.05, 0) is 24.5 Å². The third-order valence-electron chi connectivity index (χ3n) is 3.15. The summed E-state index contributed by atoms with van der Waals surface area (Å²) in [5.41, 5.74) is 2.08. The topological polar surface area (TPSA) is 37.4 Å². The molecule has 3 nitrogen and oxygen atoms in total. The van der Waals surface area contributed by atoms with Gasteiger partial charge in [-0.3, -0.25) is 9.59 Å². The molecular weight excluding hydrogens is 214 g/mol. The molecule has 1 aliphatic rings. The number of carbonyl (C=O) groups is 2. The number of fused-ring (bicyclic) bond motifs is 1. The Hall–Kier alpha value is -1.64. The van der Waals surface area contributed by atoms with Crippen LogP contribution in [0.4, 0.5) is 5.69 Å². The van der Waals surface area contributed by atoms with Gasteiger partial charge < -0.3 is 4.90 Å². The molecule has 17 heavy (non-hydrogen) atoms. The molecule has 1 aromatic rings. The lowest BCUT2D eigenvalue weighted by molar-refractivity contribution is -0.122. The van der Waals surface area contributed by atoms with Crippen LogP contribution in [0.2, 0.25) is 0 Å². The van der Waals surface area contributed by atoms with E-state index in [0.29, 0.717) is 12.8 Å². The molecule has 90 valence electrons. The lowest BCUT2D eigenvalue weighted by Crippen LogP contribution is -2.35. The Morgan fingerprint density at radius 2 is 2.06 bits per heavy atom. The van der Waals surface area contributed by atoms with E-state index in [-0.39, 0.29) is 18.2 Å². The fourth-order valence-electron chi connectivity index (χ4n) is 2.15. The van der Waals surface area contributed by atoms with Crippen molar-refractivity contribution in [2.75, 3.05) is 11.4 Å². The maximum atomic E-state index is 12.0. The number of carbonyl (C=O) groups excluding carboxylic acids is 2. The van der Waals surface area contributed by atoms with Crippen molar-refractivity contribution >= 4 is 17.4 Å². The molecule has 0 bridgehead atoms. The molecular formula is C14H17NO2. The van der Waals surface area contributed by atoms with Crippen molar-refractivity contribution in [1.29, 1.82) is 0 Å². The molecule has 1 aromatic carbocycles. The SMILES string of the molecule is CCC(=O)CN1C(=O)CCCc2ccccc21. The zero-order valence-corrected chi connectivity index (χ0v) is 10.1. The molecule has 0 saturated carbocycles. The van der Waals surface area contributed by atoms with E-state index in [1.165, 1.54) is 5.56 Å². The van der Waals surface area contributed by atoms with Crippen LogP contribution < -0.4 is 4.90 Å². The Labute approximate surface area is 101 Å². The van der Waals surface area contributed by atoms with Gasteiger partial charge in [0, 0.05) is 18.5 Å². The lowest BCUT2D eigenvalue weighted by Gasteiger charge is -2.22. The summed E-state index contributed by atoms with van der Waals surface area (Å²) in [5.74, 6) is 0.173. The van der Waals surface area contributed by atoms with Gasteiger partial charge >= 0.3 is 0 Å². The molecule has 0 aromatic heterocycles. The van der Waals surface area contributed by atoms with Gasteiger partial charge in [-0.15, -0.1) is 0 Å². The number of hydrogen-bond acceptors (Lipinski definition) is 2. The molecule has 1 aliphatic heterocycles. The van der Waals surface area contributed by atoms with E-state index in [4.69, 9.17) is 0 Å². The highest BCUT2D eigenvalue weighted by Crippen LogP contribution is 2.26. The van der Waals surface area contributed by atoms with Crippen LogP contribution in [-0.2, 0) is 16.0 Å². The molecule has 0 fully saturated rings. The lowest BCUT2D eigenvalue weighted by atomic mass is 10.1. The van der Waals surface area contributed by atoms with Gasteiger partial charge in [0.1, 0.15) is 0 Å². The van der Waals surface area contributed by atoms with Crippen molar-refractivity contribution in [3.8, 4) is 0 Å². The average Bonchev–Trinajstić information content (AvgIpc) is 2.50. The fraction of sp³-hybridized carbons (Fsp3) is 0.429. The van der Waals surface area contributed by atoms with Gasteiger partial charge in [-0.25, -0.2) is 0 Å². The minimum Gasteiger partial charge on any atom is -0.305 e. The second-order valence-corrected chi connectivity index (χ2v) is 4.35. The van der Waals surface area contributed by atoms with Crippen molar-refractivity contribution < 1.29 is 9.59 Å². The summed E-state index contributed by atoms with van der Waals surface area (Å²) in [6.07, 6.45) is 2.79. The molecule has 0 unspecified atom stereocenters. The third-order valence-corrected chi connectivity index (χ3v) is 3.15. The van der Waals surface area contributed by atoms with Crippen molar-refractivity contribution in [2.24, 2.45) is 0 Å². The Balaban J connectivity index is 2.33. The minimum absolute atomic E-state index is 0.0664. The maximum Gasteiger partial charge on any atom is 0.227 e. The maximum absolute atomic E-state index is 12.0. The van der Waals surface area contributed by atoms with Crippen molar-refractivity contribution in [2.45, 2.75) is 32.6 Å². The number of amides is 1. The van der Waals surface area contributed by atoms with Gasteiger partial charge in [0.2, 0.25) is 5.91 Å². The molecule has 0 aliphatic carbocycles. The molecule has 0 radical (unpaired) electrons. The van der Waals surface area contributed by atoms with E-state index in [9.17, 15) is 9.59 Å². The van der Waals surface area contributed by atoms with E-state index < -0.39 is 0 Å². The van der Waals surface area contributed by atoms with Crippen molar-refractivity contribution in [3.05, 3.63) is 29.8 Å². The highest BCUT2D eigenvalue weighted by atomic mass is 16.2. The van der Waals surface area contributed by atoms with Crippen molar-refractivity contribution in [3.63, 3.8) is 0 Å². The van der Waals surface area contributed by atoms with Crippen LogP contribution in [0.3, 0.4) is 0 Å². The Morgan fingerprint density at radius 1 is 1.29 bits per heavy atom. The number of Topliss-reactive ketones (excluding diaryl/α,β-unsaturated/α-hetero) is 1. The molecule has 0 atom stereocenters. The predicted molar refractivity (Wildman–Crippen MR) is 67.0 cm³/mol. The zero-order chi connectivity index (χ0) is 12.3. The molecule has 3 heteroatoms. The van der Waals surface area contributed by atoms with Crippen molar-refractivity contribution in [1.82, 2.24) is 0 Å². The predicted octanol–water partition coefficient (Wildman–Crippen LogP) is 2.33. The van der Waals surface area contributed by atoms with Crippen LogP contribution in [0.1, 0.15) is 31.7 Å². The van der Waals surface area contributed by atoms with Crippen LogP contribution in [-0.4, -0.2) is 18.2 Å². The standard InChI is InChI=1S/C14H17NO2/c1-2-12(16)10-15-13-8-4-3-6-11(13)7-5-9-14(15)17/h3-4,6,8H,2,5,7,9-10H2,1H3. The average molecular weight is 231 g/mol. The van der Waals surface area contributed by atoms with Gasteiger partial charge in [-0.2, -0.15) is 0 Å². The molecule has 0 saturated heterocycles. The second kappa shape index (κ2) is 5.13. The largest absolute Gasteiger partial charge is 0.305 e. The number of ketones is 1. The normalized spacial score (nSPS) is 15.4. The molecule has 2 rings (SSSR count). The quantitative estimate of drug-likeness (QED) is 0.800. The first-order valence-corrected chi connectivity index (χ1v) is 6.12. The molecule has 0 N–H and O–H groups in total. The number of anilines is 1. The van der Waals surface area contributed by atoms with E-state index >= 15 is 0 Å². The van der Waals surface area contributed by atoms with Gasteiger partial charge in [0.25, 0.3) is 0 Å². The summed E-state index contributed by atoms with van der Waals surface area (Å²) in [4.78, 5) is 25.2. The molecule has 1 amide bonds. The van der Waals surface area contributed by atoms with Gasteiger partial charge in [0.15, 0.2) is 5.78 Å². The first kappa shape index (κ1) is 11.8. The summed E-state index contributed by atoms with van der Waals surface area (Å²) in [5, 5.41) is 0. The Kier molecular flexibility index (Phi) is 3.57. The Morgan fingerprint density at radius 3 is 2.82 bits per heavy atom. The van der Waals surface area contributed by atoms with Gasteiger partial charge in [-0.1, -0.05) is 25.1 Å². The van der Waals surface area contributed by atoms with Crippen LogP contribution in [0.5, 0.6) is 0 Å². The van der Waals surface area contributed by atoms with Crippen LogP contribution in [0.25, 0.3) is 0 Å². The molecule has 1 heterocycles. The number of para-hydroxylation sites is 1. The highest BCUT2D eigenvalue weighted by molar-refractivity contribution is 6.00. The summed E-state index contributed by atoms with van der Waals surface area (Å²) >= 11 is 0. The minimum atomic E-state index is 0.0664. The van der Waals surface area contributed by atoms with Crippen LogP contribution >= 0.6 is 0 Å². The van der Waals surface area contributed by atoms with E-state index in [2.05, 4.69) is 0 Å². The van der Waals surface area contributed by atoms with E-state index in [1.807, 2.05) is 31.2 Å². The first-order valence-electron chi connectivity index (χ1n) is 6.12. The summed E-state index contributed by atoms with van der Waals surface area (Å²) in [6.45, 7) is 2.04. The van der Waals surface area contributed by atoms with Crippen LogP contribution in [0, 0.1) is 0 Å². The number of nitrogens with zero attached hydrogens (tertiary/aromatic N) is 1. The smallest absolute Gasteiger partial charge is 0.227 e. The monoisotopic (exact) mass is 231 g/mol. The number of rotatable bonds is 3. The summed E-state index contributed by atoms with van der Waals surface area (Å²) in [7, 11) is 0. The van der Waals surface area contributed by atoms with Crippen LogP contribution in [0.15, 0.2) is 24.3 Å².